The Morgan fingerprint density at radius 3 is 2.97 bits per heavy atom. The second-order valence-electron chi connectivity index (χ2n) is 6.15. The molecule has 3 heterocycles. The van der Waals surface area contributed by atoms with Gasteiger partial charge < -0.3 is 15.6 Å². The molecule has 2 radical (unpaired) electrons. The number of imidazole rings is 1. The largest absolute Gasteiger partial charge is 0.488 e. The monoisotopic (exact) mass is 487 g/mol. The molecule has 2 aromatic rings. The lowest BCUT2D eigenvalue weighted by Crippen LogP contribution is -2.33. The van der Waals surface area contributed by atoms with E-state index in [0.29, 0.717) is 0 Å². The summed E-state index contributed by atoms with van der Waals surface area (Å²) < 4.78 is 24.0. The minimum atomic E-state index is -3.26. The van der Waals surface area contributed by atoms with Gasteiger partial charge in [-0.05, 0) is 22.9 Å². The summed E-state index contributed by atoms with van der Waals surface area (Å²) in [4.78, 5) is 22.7. The van der Waals surface area contributed by atoms with Crippen molar-refractivity contribution in [2.75, 3.05) is 25.6 Å². The van der Waals surface area contributed by atoms with Crippen LogP contribution in [0.4, 0.5) is 5.95 Å². The normalized spacial score (nSPS) is 28.4. The Hall–Kier alpha value is -1.59. The third-order valence-electron chi connectivity index (χ3n) is 3.88. The van der Waals surface area contributed by atoms with E-state index in [-0.39, 0.29) is 48.1 Å². The molecule has 4 N–H and O–H groups in total. The van der Waals surface area contributed by atoms with E-state index in [1.807, 2.05) is 6.07 Å². The Balaban J connectivity index is 1.93. The summed E-state index contributed by atoms with van der Waals surface area (Å²) in [6.07, 6.45) is -2.74. The van der Waals surface area contributed by atoms with Gasteiger partial charge in [-0.3, -0.25) is 14.3 Å². The number of aromatic nitrogens is 4. The van der Waals surface area contributed by atoms with Crippen LogP contribution in [0.3, 0.4) is 0 Å². The molecule has 12 nitrogen and oxygen atoms in total. The molecule has 1 aliphatic rings. The summed E-state index contributed by atoms with van der Waals surface area (Å²) in [5, 5.41) is 19.4. The molecule has 0 aliphatic carbocycles. The molecule has 1 fully saturated rings. The molecule has 3 rings (SSSR count). The highest BCUT2D eigenvalue weighted by Gasteiger charge is 2.43. The fourth-order valence-corrected chi connectivity index (χ4v) is 4.50. The maximum absolute atomic E-state index is 12.1. The van der Waals surface area contributed by atoms with E-state index in [4.69, 9.17) is 36.9 Å². The number of hydrogen-bond donors (Lipinski definition) is 3. The number of H-pyrrole nitrogens is 1. The SMILES string of the molecule is [B][P+]1(OCCC#N)OC[C@H](C)O[C@@H](n2c(Br)nc3c(=O)[nH]c(N)nc32)[C@@H](O)CO1. The van der Waals surface area contributed by atoms with Gasteiger partial charge in [0.2, 0.25) is 5.95 Å². The lowest BCUT2D eigenvalue weighted by atomic mass is 10.3. The number of rotatable bonds is 4. The predicted octanol–water partition coefficient (Wildman–Crippen LogP) is 0.552. The minimum Gasteiger partial charge on any atom is -0.386 e. The highest BCUT2D eigenvalue weighted by molar-refractivity contribution is 9.10. The first-order valence-corrected chi connectivity index (χ1v) is 10.9. The fraction of sp³-hybridized carbons (Fsp3) is 0.571. The Kier molecular flexibility index (Phi) is 6.90. The molecule has 15 heteroatoms. The van der Waals surface area contributed by atoms with Gasteiger partial charge in [-0.1, -0.05) is 0 Å². The van der Waals surface area contributed by atoms with E-state index in [9.17, 15) is 9.90 Å². The Morgan fingerprint density at radius 2 is 2.24 bits per heavy atom. The van der Waals surface area contributed by atoms with Crippen LogP contribution in [0.5, 0.6) is 0 Å². The van der Waals surface area contributed by atoms with Crippen molar-refractivity contribution < 1.29 is 23.4 Å². The second kappa shape index (κ2) is 9.05. The van der Waals surface area contributed by atoms with Crippen LogP contribution in [0, 0.1) is 11.3 Å². The summed E-state index contributed by atoms with van der Waals surface area (Å²) in [7, 11) is 2.79. The van der Waals surface area contributed by atoms with Crippen molar-refractivity contribution in [3.8, 4) is 6.07 Å². The van der Waals surface area contributed by atoms with Crippen molar-refractivity contribution in [2.24, 2.45) is 0 Å². The Morgan fingerprint density at radius 1 is 1.52 bits per heavy atom. The number of halogens is 1. The zero-order valence-corrected chi connectivity index (χ0v) is 17.8. The molecular formula is C14H18BBrN6O6P+. The van der Waals surface area contributed by atoms with Gasteiger partial charge >= 0.3 is 15.4 Å². The van der Waals surface area contributed by atoms with E-state index < -0.39 is 31.8 Å². The maximum atomic E-state index is 12.1. The molecule has 0 amide bonds. The zero-order valence-electron chi connectivity index (χ0n) is 15.3. The van der Waals surface area contributed by atoms with Crippen molar-refractivity contribution in [1.82, 2.24) is 19.5 Å². The van der Waals surface area contributed by atoms with Gasteiger partial charge in [-0.15, -0.1) is 0 Å². The third kappa shape index (κ3) is 4.95. The van der Waals surface area contributed by atoms with Crippen molar-refractivity contribution in [2.45, 2.75) is 31.8 Å². The van der Waals surface area contributed by atoms with Gasteiger partial charge in [0.1, 0.15) is 25.9 Å². The molecule has 4 atom stereocenters. The molecule has 1 aliphatic heterocycles. The van der Waals surface area contributed by atoms with Crippen molar-refractivity contribution in [3.63, 3.8) is 0 Å². The number of aliphatic hydroxyl groups is 1. The number of nitrogens with two attached hydrogens (primary N) is 1. The average Bonchev–Trinajstić information content (AvgIpc) is 3.00. The number of nitriles is 1. The first kappa shape index (κ1) is 22.1. The number of nitrogens with one attached hydrogen (secondary N) is 1. The zero-order chi connectivity index (χ0) is 21.2. The van der Waals surface area contributed by atoms with Crippen LogP contribution in [0.15, 0.2) is 9.53 Å². The highest BCUT2D eigenvalue weighted by Crippen LogP contribution is 2.58. The van der Waals surface area contributed by atoms with E-state index in [2.05, 4.69) is 30.9 Å². The Labute approximate surface area is 175 Å². The Bertz CT molecular complexity index is 984. The van der Waals surface area contributed by atoms with Crippen LogP contribution in [0.2, 0.25) is 0 Å². The third-order valence-corrected chi connectivity index (χ3v) is 6.00. The highest BCUT2D eigenvalue weighted by atomic mass is 79.9. The first-order chi connectivity index (χ1) is 13.7. The summed E-state index contributed by atoms with van der Waals surface area (Å²) in [5.41, 5.74) is 5.25. The number of hydrogen-bond acceptors (Lipinski definition) is 10. The van der Waals surface area contributed by atoms with Crippen LogP contribution in [-0.2, 0) is 18.3 Å². The smallest absolute Gasteiger partial charge is 0.386 e. The lowest BCUT2D eigenvalue weighted by molar-refractivity contribution is -0.121. The van der Waals surface area contributed by atoms with E-state index in [1.165, 1.54) is 4.57 Å². The quantitative estimate of drug-likeness (QED) is 0.239. The van der Waals surface area contributed by atoms with Crippen molar-refractivity contribution in [1.29, 1.82) is 5.26 Å². The summed E-state index contributed by atoms with van der Waals surface area (Å²) >= 11 is 3.26. The van der Waals surface area contributed by atoms with Crippen molar-refractivity contribution >= 4 is 48.4 Å². The molecule has 29 heavy (non-hydrogen) atoms. The van der Waals surface area contributed by atoms with Gasteiger partial charge in [0.25, 0.3) is 5.56 Å². The minimum absolute atomic E-state index is 0.000447. The van der Waals surface area contributed by atoms with E-state index >= 15 is 0 Å². The predicted molar refractivity (Wildman–Crippen MR) is 107 cm³/mol. The van der Waals surface area contributed by atoms with Crippen LogP contribution in [0.25, 0.3) is 11.2 Å². The molecule has 154 valence electrons. The molecule has 0 aromatic carbocycles. The summed E-state index contributed by atoms with van der Waals surface area (Å²) in [5.74, 6) is -0.112. The number of anilines is 1. The lowest BCUT2D eigenvalue weighted by Gasteiger charge is -2.26. The van der Waals surface area contributed by atoms with Crippen LogP contribution < -0.4 is 11.3 Å². The maximum Gasteiger partial charge on any atom is 0.488 e. The average molecular weight is 488 g/mol. The number of aliphatic hydroxyl groups excluding tert-OH is 1. The number of nitrogen functional groups attached to an aromatic ring is 1. The van der Waals surface area contributed by atoms with Gasteiger partial charge in [0.15, 0.2) is 22.1 Å². The number of ether oxygens (including phenoxy) is 1. The van der Waals surface area contributed by atoms with Gasteiger partial charge in [-0.25, -0.2) is 4.98 Å². The van der Waals surface area contributed by atoms with Crippen LogP contribution in [0.1, 0.15) is 19.6 Å². The van der Waals surface area contributed by atoms with E-state index in [1.54, 1.807) is 6.92 Å². The molecule has 0 bridgehead atoms. The molecule has 1 unspecified atom stereocenters. The fourth-order valence-electron chi connectivity index (χ4n) is 2.60. The second-order valence-corrected chi connectivity index (χ2v) is 8.72. The topological polar surface area (TPSA) is 171 Å². The molecular weight excluding hydrogens is 470 g/mol. The van der Waals surface area contributed by atoms with E-state index in [0.717, 1.165) is 0 Å². The van der Waals surface area contributed by atoms with Crippen molar-refractivity contribution in [3.05, 3.63) is 15.1 Å². The summed E-state index contributed by atoms with van der Waals surface area (Å²) in [6, 6.07) is 1.93. The van der Waals surface area contributed by atoms with Crippen LogP contribution in [-0.4, -0.2) is 64.2 Å². The number of nitrogens with zero attached hydrogens (tertiary/aromatic N) is 4. The molecule has 2 aromatic heterocycles. The number of fused-ring (bicyclic) bond motifs is 1. The van der Waals surface area contributed by atoms with Crippen LogP contribution >= 0.6 is 23.8 Å². The molecule has 1 saturated heterocycles. The standard InChI is InChI=1S/C14H18BBrN6O6P/c1-7-5-26-29(15,25-4-2-3-17)27-6-8(23)12(28-7)22-10-9(19-13(22)16)11(24)21-14(18)20-10/h7-8,12,23H,2,4-6H2,1H3,(H3,18,20,21,24)/q+1/t7-,8-,12+,29?/m0/s1. The first-order valence-electron chi connectivity index (χ1n) is 8.49. The van der Waals surface area contributed by atoms with Gasteiger partial charge in [0.05, 0.1) is 18.6 Å². The van der Waals surface area contributed by atoms with Gasteiger partial charge in [-0.2, -0.15) is 23.8 Å². The summed E-state index contributed by atoms with van der Waals surface area (Å²) in [6.45, 7) is 1.42. The van der Waals surface area contributed by atoms with Gasteiger partial charge in [0, 0.05) is 0 Å². The molecule has 0 saturated carbocycles. The molecule has 0 spiro atoms. The number of aromatic amines is 1.